The number of urea groups is 1. The fourth-order valence-corrected chi connectivity index (χ4v) is 6.79. The maximum Gasteiger partial charge on any atom is 0.321 e. The van der Waals surface area contributed by atoms with Crippen LogP contribution in [-0.4, -0.2) is 61.7 Å². The Morgan fingerprint density at radius 1 is 0.964 bits per heavy atom. The molecule has 0 aromatic heterocycles. The maximum absolute atomic E-state index is 12.8. The minimum Gasteiger partial charge on any atom is -0.323 e. The van der Waals surface area contributed by atoms with Crippen LogP contribution in [0.5, 0.6) is 0 Å². The van der Waals surface area contributed by atoms with E-state index in [2.05, 4.69) is 10.2 Å². The number of rotatable bonds is 4. The Hall–Kier alpha value is -1.60. The van der Waals surface area contributed by atoms with Crippen molar-refractivity contribution in [3.8, 4) is 0 Å². The van der Waals surface area contributed by atoms with Crippen molar-refractivity contribution in [1.29, 1.82) is 0 Å². The molecule has 1 aliphatic carbocycles. The number of piperidine rings is 1. The molecule has 28 heavy (non-hydrogen) atoms. The molecule has 1 aromatic rings. The van der Waals surface area contributed by atoms with E-state index in [1.807, 2.05) is 4.90 Å². The van der Waals surface area contributed by atoms with E-state index in [0.29, 0.717) is 16.6 Å². The number of amides is 2. The predicted molar refractivity (Wildman–Crippen MR) is 110 cm³/mol. The van der Waals surface area contributed by atoms with Crippen LogP contribution < -0.4 is 5.32 Å². The highest BCUT2D eigenvalue weighted by atomic mass is 32.2. The van der Waals surface area contributed by atoms with Crippen LogP contribution in [-0.2, 0) is 9.84 Å². The summed E-state index contributed by atoms with van der Waals surface area (Å²) >= 11 is 0. The molecule has 0 unspecified atom stereocenters. The van der Waals surface area contributed by atoms with Gasteiger partial charge in [0.1, 0.15) is 0 Å². The number of hydrogen-bond donors (Lipinski definition) is 1. The van der Waals surface area contributed by atoms with Crippen molar-refractivity contribution in [3.05, 3.63) is 24.3 Å². The number of nitrogens with zero attached hydrogens (tertiary/aromatic N) is 2. The molecule has 1 N–H and O–H groups in total. The minimum atomic E-state index is -3.31. The highest BCUT2D eigenvalue weighted by Gasteiger charge is 2.31. The Labute approximate surface area is 168 Å². The Balaban J connectivity index is 1.41. The van der Waals surface area contributed by atoms with Crippen LogP contribution in [0.15, 0.2) is 29.2 Å². The highest BCUT2D eigenvalue weighted by molar-refractivity contribution is 7.92. The van der Waals surface area contributed by atoms with E-state index in [1.54, 1.807) is 24.3 Å². The molecular weight excluding hydrogens is 374 g/mol. The summed E-state index contributed by atoms with van der Waals surface area (Å²) in [6.45, 7) is 3.80. The van der Waals surface area contributed by atoms with Crippen molar-refractivity contribution in [2.24, 2.45) is 0 Å². The second-order valence-electron chi connectivity index (χ2n) is 8.39. The summed E-state index contributed by atoms with van der Waals surface area (Å²) in [5.74, 6) is 0. The Morgan fingerprint density at radius 3 is 2.46 bits per heavy atom. The third-order valence-corrected chi connectivity index (χ3v) is 8.76. The Kier molecular flexibility index (Phi) is 5.92. The zero-order chi connectivity index (χ0) is 19.6. The van der Waals surface area contributed by atoms with Crippen LogP contribution >= 0.6 is 0 Å². The monoisotopic (exact) mass is 405 g/mol. The van der Waals surface area contributed by atoms with Crippen molar-refractivity contribution >= 4 is 21.6 Å². The van der Waals surface area contributed by atoms with Crippen LogP contribution in [0.2, 0.25) is 0 Å². The van der Waals surface area contributed by atoms with Crippen molar-refractivity contribution in [3.63, 3.8) is 0 Å². The number of benzene rings is 1. The second-order valence-corrected chi connectivity index (χ2v) is 10.6. The van der Waals surface area contributed by atoms with Gasteiger partial charge in [0, 0.05) is 24.8 Å². The summed E-state index contributed by atoms with van der Waals surface area (Å²) in [6.07, 6.45) is 8.12. The molecule has 2 saturated heterocycles. The zero-order valence-corrected chi connectivity index (χ0v) is 17.3. The Bertz CT molecular complexity index is 799. The van der Waals surface area contributed by atoms with Gasteiger partial charge in [0.15, 0.2) is 9.84 Å². The second kappa shape index (κ2) is 8.41. The van der Waals surface area contributed by atoms with E-state index in [4.69, 9.17) is 0 Å². The lowest BCUT2D eigenvalue weighted by atomic mass is 10.0. The van der Waals surface area contributed by atoms with Crippen LogP contribution in [0.4, 0.5) is 10.5 Å². The van der Waals surface area contributed by atoms with Crippen LogP contribution in [0.25, 0.3) is 0 Å². The molecule has 7 heteroatoms. The lowest BCUT2D eigenvalue weighted by Crippen LogP contribution is -2.50. The summed E-state index contributed by atoms with van der Waals surface area (Å²) < 4.78 is 25.7. The van der Waals surface area contributed by atoms with Gasteiger partial charge in [-0.3, -0.25) is 4.90 Å². The van der Waals surface area contributed by atoms with E-state index >= 15 is 0 Å². The van der Waals surface area contributed by atoms with Gasteiger partial charge in [-0.25, -0.2) is 13.2 Å². The number of hydrogen-bond acceptors (Lipinski definition) is 4. The van der Waals surface area contributed by atoms with Gasteiger partial charge in [0.25, 0.3) is 0 Å². The molecule has 0 spiro atoms. The third kappa shape index (κ3) is 4.20. The van der Waals surface area contributed by atoms with Gasteiger partial charge in [0.05, 0.1) is 10.1 Å². The van der Waals surface area contributed by atoms with Gasteiger partial charge in [-0.2, -0.15) is 0 Å². The van der Waals surface area contributed by atoms with E-state index in [9.17, 15) is 13.2 Å². The molecule has 1 aromatic carbocycles. The number of likely N-dealkylation sites (tertiary alicyclic amines) is 2. The summed E-state index contributed by atoms with van der Waals surface area (Å²) in [4.78, 5) is 17.5. The molecule has 2 aliphatic heterocycles. The smallest absolute Gasteiger partial charge is 0.321 e. The van der Waals surface area contributed by atoms with Crippen LogP contribution in [0.3, 0.4) is 0 Å². The van der Waals surface area contributed by atoms with E-state index in [1.165, 1.54) is 12.8 Å². The molecular formula is C21H31N3O3S. The molecule has 154 valence electrons. The summed E-state index contributed by atoms with van der Waals surface area (Å²) in [7, 11) is -3.31. The summed E-state index contributed by atoms with van der Waals surface area (Å²) in [5.41, 5.74) is 0.562. The molecule has 1 atom stereocenters. The highest BCUT2D eigenvalue weighted by Crippen LogP contribution is 2.30. The lowest BCUT2D eigenvalue weighted by molar-refractivity contribution is 0.132. The van der Waals surface area contributed by atoms with Crippen LogP contribution in [0, 0.1) is 0 Å². The van der Waals surface area contributed by atoms with Crippen molar-refractivity contribution in [2.45, 2.75) is 67.6 Å². The van der Waals surface area contributed by atoms with E-state index < -0.39 is 9.84 Å². The third-order valence-electron chi connectivity index (χ3n) is 6.50. The lowest BCUT2D eigenvalue weighted by Gasteiger charge is -2.37. The van der Waals surface area contributed by atoms with Crippen molar-refractivity contribution < 1.29 is 13.2 Å². The molecule has 0 radical (unpaired) electrons. The molecule has 6 nitrogen and oxygen atoms in total. The molecule has 2 heterocycles. The first kappa shape index (κ1) is 19.7. The van der Waals surface area contributed by atoms with E-state index in [0.717, 1.165) is 64.7 Å². The summed E-state index contributed by atoms with van der Waals surface area (Å²) in [6, 6.07) is 7.09. The number of carbonyl (C=O) groups is 1. The number of anilines is 1. The summed E-state index contributed by atoms with van der Waals surface area (Å²) in [5, 5.41) is 2.65. The maximum atomic E-state index is 12.8. The molecule has 3 fully saturated rings. The number of nitrogens with one attached hydrogen (secondary N) is 1. The largest absolute Gasteiger partial charge is 0.323 e. The number of sulfone groups is 1. The average molecular weight is 406 g/mol. The average Bonchev–Trinajstić information content (AvgIpc) is 3.42. The molecule has 2 amide bonds. The zero-order valence-electron chi connectivity index (χ0n) is 16.5. The fourth-order valence-electron chi connectivity index (χ4n) is 4.89. The topological polar surface area (TPSA) is 69.7 Å². The quantitative estimate of drug-likeness (QED) is 0.832. The van der Waals surface area contributed by atoms with Crippen LogP contribution in [0.1, 0.15) is 51.4 Å². The molecule has 0 bridgehead atoms. The molecule has 4 rings (SSSR count). The first-order valence-corrected chi connectivity index (χ1v) is 12.2. The SMILES string of the molecule is O=C(Nc1cccc(S(=O)(=O)C2CCCC2)c1)N1CCC[C@@H](N2CCCC2)C1. The van der Waals surface area contributed by atoms with Gasteiger partial charge >= 0.3 is 6.03 Å². The fraction of sp³-hybridized carbons (Fsp3) is 0.667. The standard InChI is InChI=1S/C21H31N3O3S/c25-21(24-14-6-8-18(16-24)23-12-3-4-13-23)22-17-7-5-11-20(15-17)28(26,27)19-9-1-2-10-19/h5,7,11,15,18-19H,1-4,6,8-10,12-14,16H2,(H,22,25)/t18-/m1/s1. The number of carbonyl (C=O) groups excluding carboxylic acids is 1. The van der Waals surface area contributed by atoms with Gasteiger partial charge < -0.3 is 10.2 Å². The minimum absolute atomic E-state index is 0.126. The first-order chi connectivity index (χ1) is 13.5. The molecule has 3 aliphatic rings. The Morgan fingerprint density at radius 2 is 1.71 bits per heavy atom. The van der Waals surface area contributed by atoms with Gasteiger partial charge in [-0.05, 0) is 69.8 Å². The molecule has 1 saturated carbocycles. The van der Waals surface area contributed by atoms with E-state index in [-0.39, 0.29) is 11.3 Å². The van der Waals surface area contributed by atoms with Crippen molar-refractivity contribution in [2.75, 3.05) is 31.5 Å². The van der Waals surface area contributed by atoms with Gasteiger partial charge in [0.2, 0.25) is 0 Å². The van der Waals surface area contributed by atoms with Crippen molar-refractivity contribution in [1.82, 2.24) is 9.80 Å². The first-order valence-electron chi connectivity index (χ1n) is 10.7. The van der Waals surface area contributed by atoms with Gasteiger partial charge in [-0.1, -0.05) is 18.9 Å². The van der Waals surface area contributed by atoms with Gasteiger partial charge in [-0.15, -0.1) is 0 Å². The predicted octanol–water partition coefficient (Wildman–Crippen LogP) is 3.50. The normalized spacial score (nSPS) is 24.6.